The van der Waals surface area contributed by atoms with Gasteiger partial charge in [0.2, 0.25) is 5.89 Å². The number of hydrogen-bond donors (Lipinski definition) is 1. The first-order valence-corrected chi connectivity index (χ1v) is 7.38. The Labute approximate surface area is 113 Å². The van der Waals surface area contributed by atoms with E-state index in [1.165, 1.54) is 6.42 Å². The minimum absolute atomic E-state index is 0.274. The molecule has 2 fully saturated rings. The third-order valence-corrected chi connectivity index (χ3v) is 4.43. The second-order valence-electron chi connectivity index (χ2n) is 6.23. The van der Waals surface area contributed by atoms with Gasteiger partial charge in [-0.05, 0) is 31.6 Å². The lowest BCUT2D eigenvalue weighted by Crippen LogP contribution is -2.41. The molecule has 1 aromatic rings. The maximum absolute atomic E-state index is 6.49. The first-order valence-electron chi connectivity index (χ1n) is 7.38. The summed E-state index contributed by atoms with van der Waals surface area (Å²) in [5.74, 6) is 2.31. The van der Waals surface area contributed by atoms with Crippen LogP contribution < -0.4 is 5.73 Å². The van der Waals surface area contributed by atoms with E-state index in [0.29, 0.717) is 18.4 Å². The molecule has 0 spiro atoms. The van der Waals surface area contributed by atoms with Crippen molar-refractivity contribution in [1.82, 2.24) is 10.1 Å². The summed E-state index contributed by atoms with van der Waals surface area (Å²) >= 11 is 0. The molecule has 2 aliphatic rings. The number of hydrogen-bond acceptors (Lipinski definition) is 5. The molecule has 5 heteroatoms. The van der Waals surface area contributed by atoms with Crippen molar-refractivity contribution in [3.63, 3.8) is 0 Å². The number of aromatic nitrogens is 2. The Hall–Kier alpha value is -0.940. The molecule has 1 aliphatic carbocycles. The molecule has 2 heterocycles. The van der Waals surface area contributed by atoms with Crippen molar-refractivity contribution in [3.05, 3.63) is 11.7 Å². The third kappa shape index (κ3) is 2.67. The summed E-state index contributed by atoms with van der Waals surface area (Å²) in [5.41, 5.74) is 6.07. The molecule has 0 amide bonds. The van der Waals surface area contributed by atoms with Crippen LogP contribution in [0.4, 0.5) is 0 Å². The maximum atomic E-state index is 6.49. The SMILES string of the molecule is CC1CCCC(N)(c2nc(C3CCCOC3)no2)C1. The molecular weight excluding hydrogens is 242 g/mol. The number of rotatable bonds is 2. The molecule has 1 aromatic heterocycles. The molecule has 2 N–H and O–H groups in total. The van der Waals surface area contributed by atoms with Crippen molar-refractivity contribution in [1.29, 1.82) is 0 Å². The summed E-state index contributed by atoms with van der Waals surface area (Å²) < 4.78 is 10.9. The van der Waals surface area contributed by atoms with Crippen LogP contribution in [0.1, 0.15) is 63.1 Å². The largest absolute Gasteiger partial charge is 0.381 e. The molecule has 106 valence electrons. The molecule has 0 bridgehead atoms. The summed E-state index contributed by atoms with van der Waals surface area (Å²) in [7, 11) is 0. The van der Waals surface area contributed by atoms with Gasteiger partial charge < -0.3 is 15.0 Å². The lowest BCUT2D eigenvalue weighted by molar-refractivity contribution is 0.0773. The highest BCUT2D eigenvalue weighted by Gasteiger charge is 2.38. The Balaban J connectivity index is 1.76. The van der Waals surface area contributed by atoms with Crippen molar-refractivity contribution in [3.8, 4) is 0 Å². The molecule has 3 unspecified atom stereocenters. The predicted octanol–water partition coefficient (Wildman–Crippen LogP) is 2.33. The van der Waals surface area contributed by atoms with Crippen LogP contribution in [-0.4, -0.2) is 23.4 Å². The van der Waals surface area contributed by atoms with Crippen molar-refractivity contribution >= 4 is 0 Å². The van der Waals surface area contributed by atoms with Crippen LogP contribution >= 0.6 is 0 Å². The molecule has 3 atom stereocenters. The van der Waals surface area contributed by atoms with Crippen LogP contribution in [0.25, 0.3) is 0 Å². The summed E-state index contributed by atoms with van der Waals surface area (Å²) in [5, 5.41) is 4.14. The highest BCUT2D eigenvalue weighted by molar-refractivity contribution is 5.07. The van der Waals surface area contributed by atoms with Crippen LogP contribution in [0.3, 0.4) is 0 Å². The molecule has 3 rings (SSSR count). The Morgan fingerprint density at radius 3 is 2.95 bits per heavy atom. The van der Waals surface area contributed by atoms with Gasteiger partial charge in [-0.25, -0.2) is 0 Å². The first-order chi connectivity index (χ1) is 9.17. The smallest absolute Gasteiger partial charge is 0.246 e. The highest BCUT2D eigenvalue weighted by atomic mass is 16.5. The van der Waals surface area contributed by atoms with Gasteiger partial charge in [-0.1, -0.05) is 24.9 Å². The van der Waals surface area contributed by atoms with Crippen LogP contribution in [0.15, 0.2) is 4.52 Å². The molecule has 1 saturated carbocycles. The topological polar surface area (TPSA) is 74.2 Å². The maximum Gasteiger partial charge on any atom is 0.246 e. The van der Waals surface area contributed by atoms with Gasteiger partial charge in [0, 0.05) is 12.5 Å². The summed E-state index contributed by atoms with van der Waals surface area (Å²) in [6.45, 7) is 3.79. The molecule has 1 aliphatic heterocycles. The van der Waals surface area contributed by atoms with E-state index in [-0.39, 0.29) is 5.92 Å². The number of nitrogens with two attached hydrogens (primary N) is 1. The fourth-order valence-corrected chi connectivity index (χ4v) is 3.33. The van der Waals surface area contributed by atoms with Gasteiger partial charge in [0.05, 0.1) is 12.1 Å². The quantitative estimate of drug-likeness (QED) is 0.888. The van der Waals surface area contributed by atoms with Crippen LogP contribution in [0.2, 0.25) is 0 Å². The van der Waals surface area contributed by atoms with Crippen LogP contribution in [0.5, 0.6) is 0 Å². The van der Waals surface area contributed by atoms with E-state index >= 15 is 0 Å². The third-order valence-electron chi connectivity index (χ3n) is 4.43. The van der Waals surface area contributed by atoms with Crippen LogP contribution in [0, 0.1) is 5.92 Å². The Kier molecular flexibility index (Phi) is 3.58. The second-order valence-corrected chi connectivity index (χ2v) is 6.23. The van der Waals surface area contributed by atoms with E-state index in [0.717, 1.165) is 44.5 Å². The van der Waals surface area contributed by atoms with E-state index in [9.17, 15) is 0 Å². The second kappa shape index (κ2) is 5.21. The molecular formula is C14H23N3O2. The Morgan fingerprint density at radius 2 is 2.21 bits per heavy atom. The van der Waals surface area contributed by atoms with Gasteiger partial charge in [-0.3, -0.25) is 0 Å². The zero-order valence-corrected chi connectivity index (χ0v) is 11.6. The summed E-state index contributed by atoms with van der Waals surface area (Å²) in [4.78, 5) is 4.58. The Bertz CT molecular complexity index is 428. The number of ether oxygens (including phenoxy) is 1. The molecule has 0 radical (unpaired) electrons. The van der Waals surface area contributed by atoms with Gasteiger partial charge in [0.25, 0.3) is 0 Å². The predicted molar refractivity (Wildman–Crippen MR) is 70.6 cm³/mol. The standard InChI is InChI=1S/C14H23N3O2/c1-10-4-2-6-14(15,8-10)13-16-12(17-19-13)11-5-3-7-18-9-11/h10-11H,2-9,15H2,1H3. The molecule has 5 nitrogen and oxygen atoms in total. The lowest BCUT2D eigenvalue weighted by atomic mass is 9.77. The highest BCUT2D eigenvalue weighted by Crippen LogP contribution is 2.37. The zero-order chi connectivity index (χ0) is 13.3. The van der Waals surface area contributed by atoms with Gasteiger partial charge in [0.15, 0.2) is 5.82 Å². The van der Waals surface area contributed by atoms with E-state index in [1.54, 1.807) is 0 Å². The summed E-state index contributed by atoms with van der Waals surface area (Å²) in [6, 6.07) is 0. The van der Waals surface area contributed by atoms with E-state index in [1.807, 2.05) is 0 Å². The Morgan fingerprint density at radius 1 is 1.32 bits per heavy atom. The van der Waals surface area contributed by atoms with Crippen molar-refractivity contribution < 1.29 is 9.26 Å². The van der Waals surface area contributed by atoms with Crippen LogP contribution in [-0.2, 0) is 10.3 Å². The van der Waals surface area contributed by atoms with E-state index in [2.05, 4.69) is 17.1 Å². The number of nitrogens with zero attached hydrogens (tertiary/aromatic N) is 2. The van der Waals surface area contributed by atoms with E-state index < -0.39 is 5.54 Å². The zero-order valence-electron chi connectivity index (χ0n) is 11.6. The first kappa shape index (κ1) is 13.1. The van der Waals surface area contributed by atoms with Gasteiger partial charge in [-0.2, -0.15) is 4.98 Å². The minimum atomic E-state index is -0.418. The molecule has 0 aromatic carbocycles. The van der Waals surface area contributed by atoms with E-state index in [4.69, 9.17) is 15.0 Å². The van der Waals surface area contributed by atoms with Gasteiger partial charge in [0.1, 0.15) is 0 Å². The van der Waals surface area contributed by atoms with Crippen molar-refractivity contribution in [2.75, 3.05) is 13.2 Å². The fraction of sp³-hybridized carbons (Fsp3) is 0.857. The van der Waals surface area contributed by atoms with Gasteiger partial charge >= 0.3 is 0 Å². The monoisotopic (exact) mass is 265 g/mol. The normalized spacial score (nSPS) is 36.3. The van der Waals surface area contributed by atoms with Gasteiger partial charge in [-0.15, -0.1) is 0 Å². The fourth-order valence-electron chi connectivity index (χ4n) is 3.33. The summed E-state index contributed by atoms with van der Waals surface area (Å²) in [6.07, 6.45) is 6.42. The average molecular weight is 265 g/mol. The minimum Gasteiger partial charge on any atom is -0.381 e. The molecule has 1 saturated heterocycles. The average Bonchev–Trinajstić information content (AvgIpc) is 2.90. The van der Waals surface area contributed by atoms with Crippen molar-refractivity contribution in [2.24, 2.45) is 11.7 Å². The molecule has 19 heavy (non-hydrogen) atoms. The lowest BCUT2D eigenvalue weighted by Gasteiger charge is -2.33. The van der Waals surface area contributed by atoms with Crippen molar-refractivity contribution in [2.45, 2.75) is 56.9 Å².